The molecule has 2 heterocycles. The molecule has 0 unspecified atom stereocenters. The molecule has 0 radical (unpaired) electrons. The van der Waals surface area contributed by atoms with Gasteiger partial charge in [-0.3, -0.25) is 0 Å². The summed E-state index contributed by atoms with van der Waals surface area (Å²) in [7, 11) is 0. The fourth-order valence-corrected chi connectivity index (χ4v) is 2.82. The van der Waals surface area contributed by atoms with E-state index in [9.17, 15) is 0 Å². The van der Waals surface area contributed by atoms with Crippen LogP contribution in [-0.4, -0.2) is 40.4 Å². The van der Waals surface area contributed by atoms with Crippen molar-refractivity contribution in [1.82, 2.24) is 40.4 Å². The summed E-state index contributed by atoms with van der Waals surface area (Å²) in [6.45, 7) is 0. The summed E-state index contributed by atoms with van der Waals surface area (Å²) < 4.78 is 1.23. The number of para-hydroxylation sites is 2. The average molecular weight is 373 g/mol. The molecule has 0 bridgehead atoms. The van der Waals surface area contributed by atoms with Crippen molar-refractivity contribution in [2.24, 2.45) is 0 Å². The van der Waals surface area contributed by atoms with Crippen LogP contribution in [0, 0.1) is 0 Å². The van der Waals surface area contributed by atoms with Crippen LogP contribution in [0.25, 0.3) is 11.4 Å². The monoisotopic (exact) mass is 372 g/mol. The Morgan fingerprint density at radius 1 is 0.640 bits per heavy atom. The van der Waals surface area contributed by atoms with Crippen LogP contribution in [0.1, 0.15) is 11.6 Å². The molecular formula is C15H10Cl2N8. The number of aromatic nitrogens is 8. The van der Waals surface area contributed by atoms with Crippen molar-refractivity contribution in [3.8, 4) is 11.4 Å². The molecule has 124 valence electrons. The normalized spacial score (nSPS) is 11.6. The minimum Gasteiger partial charge on any atom is -0.194 e. The first-order chi connectivity index (χ1) is 12.2. The van der Waals surface area contributed by atoms with Crippen LogP contribution in [0.2, 0.25) is 0 Å². The first-order valence-electron chi connectivity index (χ1n) is 7.24. The quantitative estimate of drug-likeness (QED) is 0.510. The van der Waals surface area contributed by atoms with Gasteiger partial charge < -0.3 is 0 Å². The molecule has 0 aliphatic heterocycles. The maximum absolute atomic E-state index is 6.62. The van der Waals surface area contributed by atoms with Crippen LogP contribution in [0.3, 0.4) is 0 Å². The average Bonchev–Trinajstić information content (AvgIpc) is 3.33. The van der Waals surface area contributed by atoms with Crippen molar-refractivity contribution in [2.45, 2.75) is 4.33 Å². The van der Waals surface area contributed by atoms with Gasteiger partial charge in [-0.2, -0.15) is 9.36 Å². The number of halogens is 2. The number of rotatable bonds is 4. The molecule has 0 spiro atoms. The largest absolute Gasteiger partial charge is 0.240 e. The van der Waals surface area contributed by atoms with E-state index in [1.807, 2.05) is 60.7 Å². The molecule has 0 aliphatic carbocycles. The van der Waals surface area contributed by atoms with E-state index in [1.54, 1.807) is 0 Å². The van der Waals surface area contributed by atoms with E-state index in [2.05, 4.69) is 31.1 Å². The molecule has 25 heavy (non-hydrogen) atoms. The van der Waals surface area contributed by atoms with Gasteiger partial charge in [-0.15, -0.1) is 10.2 Å². The SMILES string of the molecule is ClC(Cl)(c1nnnn1-c1ccccc1)c1nnnn1-c1ccccc1. The third-order valence-corrected chi connectivity index (χ3v) is 4.18. The van der Waals surface area contributed by atoms with Gasteiger partial charge in [0.05, 0.1) is 11.4 Å². The van der Waals surface area contributed by atoms with Crippen LogP contribution in [0.5, 0.6) is 0 Å². The van der Waals surface area contributed by atoms with Crippen molar-refractivity contribution in [3.05, 3.63) is 72.3 Å². The summed E-state index contributed by atoms with van der Waals surface area (Å²) in [6.07, 6.45) is 0. The maximum Gasteiger partial charge on any atom is 0.240 e. The molecule has 2 aromatic carbocycles. The molecule has 0 saturated heterocycles. The zero-order chi connectivity index (χ0) is 17.3. The molecule has 4 aromatic rings. The van der Waals surface area contributed by atoms with E-state index in [4.69, 9.17) is 23.2 Å². The number of hydrogen-bond donors (Lipinski definition) is 0. The molecular weight excluding hydrogens is 363 g/mol. The van der Waals surface area contributed by atoms with Crippen molar-refractivity contribution in [1.29, 1.82) is 0 Å². The predicted octanol–water partition coefficient (Wildman–Crippen LogP) is 2.32. The predicted molar refractivity (Wildman–Crippen MR) is 90.8 cm³/mol. The smallest absolute Gasteiger partial charge is 0.194 e. The Bertz CT molecular complexity index is 901. The van der Waals surface area contributed by atoms with Gasteiger partial charge in [0.1, 0.15) is 0 Å². The first-order valence-corrected chi connectivity index (χ1v) is 8.00. The van der Waals surface area contributed by atoms with Crippen molar-refractivity contribution >= 4 is 23.2 Å². The lowest BCUT2D eigenvalue weighted by Crippen LogP contribution is -2.24. The van der Waals surface area contributed by atoms with Crippen molar-refractivity contribution in [2.75, 3.05) is 0 Å². The second-order valence-electron chi connectivity index (χ2n) is 5.07. The summed E-state index contributed by atoms with van der Waals surface area (Å²) in [4.78, 5) is 0. The van der Waals surface area contributed by atoms with Crippen LogP contribution in [0.4, 0.5) is 0 Å². The molecule has 0 atom stereocenters. The lowest BCUT2D eigenvalue weighted by molar-refractivity contribution is 0.704. The molecule has 2 aromatic heterocycles. The minimum atomic E-state index is -1.67. The molecule has 4 rings (SSSR count). The highest BCUT2D eigenvalue weighted by molar-refractivity contribution is 6.49. The highest BCUT2D eigenvalue weighted by Crippen LogP contribution is 2.39. The van der Waals surface area contributed by atoms with Gasteiger partial charge in [-0.05, 0) is 45.1 Å². The van der Waals surface area contributed by atoms with Crippen LogP contribution >= 0.6 is 23.2 Å². The molecule has 0 saturated carbocycles. The summed E-state index contributed by atoms with van der Waals surface area (Å²) >= 11 is 13.2. The van der Waals surface area contributed by atoms with Gasteiger partial charge in [-0.25, -0.2) is 0 Å². The lowest BCUT2D eigenvalue weighted by Gasteiger charge is -2.17. The Balaban J connectivity index is 1.83. The fourth-order valence-electron chi connectivity index (χ4n) is 2.35. The number of tetrazole rings is 2. The van der Waals surface area contributed by atoms with Crippen LogP contribution in [0.15, 0.2) is 60.7 Å². The molecule has 0 amide bonds. The third-order valence-electron chi connectivity index (χ3n) is 3.50. The van der Waals surface area contributed by atoms with Crippen LogP contribution in [-0.2, 0) is 4.33 Å². The second kappa shape index (κ2) is 6.23. The molecule has 0 fully saturated rings. The van der Waals surface area contributed by atoms with Gasteiger partial charge in [0.25, 0.3) is 0 Å². The Hall–Kier alpha value is -2.84. The highest BCUT2D eigenvalue weighted by atomic mass is 35.5. The van der Waals surface area contributed by atoms with Gasteiger partial charge in [0.2, 0.25) is 16.0 Å². The van der Waals surface area contributed by atoms with E-state index >= 15 is 0 Å². The lowest BCUT2D eigenvalue weighted by atomic mass is 10.3. The Morgan fingerprint density at radius 2 is 1.04 bits per heavy atom. The van der Waals surface area contributed by atoms with Crippen LogP contribution < -0.4 is 0 Å². The zero-order valence-electron chi connectivity index (χ0n) is 12.6. The minimum absolute atomic E-state index is 0.189. The topological polar surface area (TPSA) is 87.2 Å². The number of benzene rings is 2. The summed E-state index contributed by atoms with van der Waals surface area (Å²) in [5, 5.41) is 23.3. The Labute approximate surface area is 152 Å². The molecule has 0 aliphatic rings. The molecule has 10 heteroatoms. The van der Waals surface area contributed by atoms with Gasteiger partial charge in [0, 0.05) is 0 Å². The highest BCUT2D eigenvalue weighted by Gasteiger charge is 2.41. The number of hydrogen-bond acceptors (Lipinski definition) is 6. The van der Waals surface area contributed by atoms with E-state index in [0.29, 0.717) is 11.4 Å². The molecule has 0 N–H and O–H groups in total. The number of nitrogens with zero attached hydrogens (tertiary/aromatic N) is 8. The zero-order valence-corrected chi connectivity index (χ0v) is 14.1. The van der Waals surface area contributed by atoms with Crippen molar-refractivity contribution in [3.63, 3.8) is 0 Å². The molecule has 8 nitrogen and oxygen atoms in total. The number of alkyl halides is 2. The summed E-state index contributed by atoms with van der Waals surface area (Å²) in [6, 6.07) is 18.6. The maximum atomic E-state index is 6.62. The van der Waals surface area contributed by atoms with Gasteiger partial charge >= 0.3 is 0 Å². The Kier molecular flexibility index (Phi) is 3.90. The summed E-state index contributed by atoms with van der Waals surface area (Å²) in [5.74, 6) is 0.378. The van der Waals surface area contributed by atoms with Gasteiger partial charge in [-0.1, -0.05) is 59.6 Å². The Morgan fingerprint density at radius 3 is 1.44 bits per heavy atom. The van der Waals surface area contributed by atoms with Gasteiger partial charge in [0.15, 0.2) is 0 Å². The first kappa shape index (κ1) is 15.7. The van der Waals surface area contributed by atoms with E-state index in [1.165, 1.54) is 9.36 Å². The van der Waals surface area contributed by atoms with E-state index in [0.717, 1.165) is 0 Å². The standard InChI is InChI=1S/C15H10Cl2N8/c16-15(17,13-18-20-22-24(13)11-7-3-1-4-8-11)14-19-21-23-25(14)12-9-5-2-6-10-12/h1-10H. The van der Waals surface area contributed by atoms with E-state index < -0.39 is 4.33 Å². The van der Waals surface area contributed by atoms with Crippen molar-refractivity contribution < 1.29 is 0 Å². The third kappa shape index (κ3) is 2.75. The second-order valence-corrected chi connectivity index (χ2v) is 6.40. The fraction of sp³-hybridized carbons (Fsp3) is 0.0667. The van der Waals surface area contributed by atoms with E-state index in [-0.39, 0.29) is 11.6 Å². The summed E-state index contributed by atoms with van der Waals surface area (Å²) in [5.41, 5.74) is 1.43.